The van der Waals surface area contributed by atoms with Crippen molar-refractivity contribution in [3.05, 3.63) is 24.3 Å². The Bertz CT molecular complexity index is 2000. The molecule has 0 bridgehead atoms. The van der Waals surface area contributed by atoms with Gasteiger partial charge in [-0.05, 0) is 88.4 Å². The van der Waals surface area contributed by atoms with E-state index in [2.05, 4.69) is 0 Å². The second-order valence-electron chi connectivity index (χ2n) is 22.8. The molecule has 0 spiro atoms. The van der Waals surface area contributed by atoms with E-state index in [9.17, 15) is 81.1 Å². The van der Waals surface area contributed by atoms with E-state index in [1.165, 1.54) is 26.4 Å². The summed E-state index contributed by atoms with van der Waals surface area (Å²) in [5, 5.41) is 152. The summed E-state index contributed by atoms with van der Waals surface area (Å²) >= 11 is 0. The van der Waals surface area contributed by atoms with Gasteiger partial charge in [-0.15, -0.1) is 0 Å². The van der Waals surface area contributed by atoms with Crippen LogP contribution in [0, 0.1) is 23.7 Å². The van der Waals surface area contributed by atoms with Crippen LogP contribution in [0.4, 0.5) is 0 Å². The third-order valence-corrected chi connectivity index (χ3v) is 17.5. The molecule has 8 fully saturated rings. The molecule has 4 aliphatic carbocycles. The van der Waals surface area contributed by atoms with Crippen molar-refractivity contribution in [3.8, 4) is 0 Å². The summed E-state index contributed by atoms with van der Waals surface area (Å²) < 4.78 is 66.3. The molecule has 0 aromatic carbocycles. The van der Waals surface area contributed by atoms with E-state index in [4.69, 9.17) is 52.1 Å². The molecule has 8 aliphatic rings. The monoisotopic (exact) mass is 1150 g/mol. The maximum atomic E-state index is 13.6. The third-order valence-electron chi connectivity index (χ3n) is 17.5. The summed E-state index contributed by atoms with van der Waals surface area (Å²) in [6, 6.07) is 0. The van der Waals surface area contributed by atoms with Crippen LogP contribution in [-0.2, 0) is 61.7 Å². The fourth-order valence-electron chi connectivity index (χ4n) is 12.8. The van der Waals surface area contributed by atoms with E-state index in [1.807, 2.05) is 0 Å². The summed E-state index contributed by atoms with van der Waals surface area (Å²) in [7, 11) is 2.85. The van der Waals surface area contributed by atoms with E-state index in [0.717, 1.165) is 6.08 Å². The minimum atomic E-state index is -2.04. The average molecular weight is 1150 g/mol. The first kappa shape index (κ1) is 63.5. The Hall–Kier alpha value is -2.50. The van der Waals surface area contributed by atoms with E-state index in [1.54, 1.807) is 6.08 Å². The highest BCUT2D eigenvalue weighted by molar-refractivity contribution is 5.82. The first-order valence-electron chi connectivity index (χ1n) is 28.0. The van der Waals surface area contributed by atoms with Gasteiger partial charge in [-0.2, -0.15) is 0 Å². The molecule has 11 unspecified atom stereocenters. The number of hydrogen-bond acceptors (Lipinski definition) is 27. The molecule has 4 saturated carbocycles. The first-order chi connectivity index (χ1) is 38.2. The first-order valence-corrected chi connectivity index (χ1v) is 28.0. The zero-order chi connectivity index (χ0) is 57.7. The van der Waals surface area contributed by atoms with E-state index < -0.39 is 203 Å². The van der Waals surface area contributed by atoms with Crippen LogP contribution >= 0.6 is 0 Å². The number of carbonyl (C=O) groups is 2. The molecule has 26 atom stereocenters. The molecule has 27 heteroatoms. The van der Waals surface area contributed by atoms with Gasteiger partial charge in [0.2, 0.25) is 0 Å². The van der Waals surface area contributed by atoms with Gasteiger partial charge in [0.1, 0.15) is 79.9 Å². The number of hydrogen-bond donors (Lipinski definition) is 14. The topological polar surface area (TPSA) is 419 Å². The van der Waals surface area contributed by atoms with Gasteiger partial charge in [-0.1, -0.05) is 12.2 Å². The molecular formula is C53H84O27. The quantitative estimate of drug-likeness (QED) is 0.0452. The molecule has 0 amide bonds. The fourth-order valence-corrected chi connectivity index (χ4v) is 12.8. The summed E-state index contributed by atoms with van der Waals surface area (Å²) in [6.07, 6.45) is -27.8. The van der Waals surface area contributed by atoms with Crippen LogP contribution in [0.3, 0.4) is 0 Å². The summed E-state index contributed by atoms with van der Waals surface area (Å²) in [5.41, 5.74) is 0. The molecule has 0 aromatic heterocycles. The van der Waals surface area contributed by atoms with Crippen LogP contribution < -0.4 is 0 Å². The van der Waals surface area contributed by atoms with Crippen LogP contribution in [0.2, 0.25) is 0 Å². The smallest absolute Gasteiger partial charge is 0.330 e. The number of esters is 2. The number of ether oxygens (including phenoxy) is 11. The number of methoxy groups -OCH3 is 2. The van der Waals surface area contributed by atoms with Crippen molar-refractivity contribution >= 4 is 11.9 Å². The Balaban J connectivity index is 1.08. The molecule has 458 valence electrons. The average Bonchev–Trinajstić information content (AvgIpc) is 3.49. The second kappa shape index (κ2) is 28.6. The molecule has 27 nitrogen and oxygen atoms in total. The molecule has 8 rings (SSSR count). The highest BCUT2D eigenvalue weighted by Crippen LogP contribution is 2.46. The Morgan fingerprint density at radius 3 is 1.70 bits per heavy atom. The van der Waals surface area contributed by atoms with Gasteiger partial charge in [-0.25, -0.2) is 9.59 Å². The van der Waals surface area contributed by atoms with Crippen molar-refractivity contribution in [1.29, 1.82) is 0 Å². The van der Waals surface area contributed by atoms with Gasteiger partial charge in [0.15, 0.2) is 25.0 Å². The second-order valence-corrected chi connectivity index (χ2v) is 22.8. The number of carbonyl (C=O) groups excluding carboxylic acids is 2. The SMILES string of the molecule is COC1CC(C=CC(=O)O[C@H]2[C@H](O[C@H]3[C@H](OC4CC5C(CC(O)CC5O[C@@H]5O[C@H](CO)[C@@H](O)[C@H](O)[C@H]5O)OC4C4CCC(O)C(O)C4)O[C@H](COC(=O)C=CC4CCC(O)CC4)[C@@H](O)[C@@H]3O)O[C@H](CO)[C@@H](O)[C@@H]2O)CC(OC)C1O. The van der Waals surface area contributed by atoms with Crippen molar-refractivity contribution in [3.63, 3.8) is 0 Å². The maximum Gasteiger partial charge on any atom is 0.330 e. The molecule has 4 saturated heterocycles. The van der Waals surface area contributed by atoms with Crippen molar-refractivity contribution < 1.29 is 133 Å². The largest absolute Gasteiger partial charge is 0.460 e. The lowest BCUT2D eigenvalue weighted by molar-refractivity contribution is -0.380. The predicted molar refractivity (Wildman–Crippen MR) is 266 cm³/mol. The standard InChI is InChI=1S/C53H84O27/c1-70-32-13-23(14-33(71-2)40(32)62)6-12-39(61)79-49-45(67)42(64)36(20-55)77-53(49)80-50-46(68)43(65)37(21-72-38(60)11-5-22-3-8-25(56)9-4-22)78-52(50)75-34-18-27-30(73-48(34)24-7-10-28(58)29(59)15-24)16-26(57)17-31(27)74-51-47(69)44(66)41(63)35(19-54)76-51/h5-6,11-12,22-37,40-59,62-69H,3-4,7-10,13-21H2,1-2H3/t22?,23?,24?,25?,26?,27?,28?,29?,30?,31?,32?,33?,34?,35-,36-,37-,40?,41-,42-,43-,44+,45+,46+,47-,48?,49-,50-,51-,52-,53+/m1/s1. The number of rotatable bonds is 18. The lowest BCUT2D eigenvalue weighted by atomic mass is 9.72. The fraction of sp³-hybridized carbons (Fsp3) is 0.887. The third kappa shape index (κ3) is 14.9. The molecule has 4 heterocycles. The molecule has 80 heavy (non-hydrogen) atoms. The molecule has 0 radical (unpaired) electrons. The van der Waals surface area contributed by atoms with Crippen molar-refractivity contribution in [2.24, 2.45) is 23.7 Å². The summed E-state index contributed by atoms with van der Waals surface area (Å²) in [4.78, 5) is 26.8. The zero-order valence-corrected chi connectivity index (χ0v) is 44.8. The summed E-state index contributed by atoms with van der Waals surface area (Å²) in [6.45, 7) is -2.30. The van der Waals surface area contributed by atoms with Gasteiger partial charge >= 0.3 is 11.9 Å². The number of allylic oxidation sites excluding steroid dienone is 2. The minimum absolute atomic E-state index is 0.00111. The normalized spacial score (nSPS) is 48.6. The van der Waals surface area contributed by atoms with Crippen molar-refractivity contribution in [2.75, 3.05) is 34.0 Å². The van der Waals surface area contributed by atoms with Gasteiger partial charge in [0.25, 0.3) is 0 Å². The Kier molecular flexibility index (Phi) is 22.7. The maximum absolute atomic E-state index is 13.6. The van der Waals surface area contributed by atoms with Crippen LogP contribution in [0.25, 0.3) is 0 Å². The van der Waals surface area contributed by atoms with E-state index in [-0.39, 0.29) is 43.9 Å². The van der Waals surface area contributed by atoms with E-state index in [0.29, 0.717) is 44.9 Å². The lowest BCUT2D eigenvalue weighted by Crippen LogP contribution is -2.66. The predicted octanol–water partition coefficient (Wildman–Crippen LogP) is -4.80. The number of aliphatic hydroxyl groups excluding tert-OH is 14. The van der Waals surface area contributed by atoms with Crippen molar-refractivity contribution in [2.45, 2.75) is 236 Å². The Morgan fingerprint density at radius 2 is 1.05 bits per heavy atom. The number of fused-ring (bicyclic) bond motifs is 1. The molecular weight excluding hydrogens is 1070 g/mol. The van der Waals surface area contributed by atoms with Gasteiger partial charge < -0.3 is 124 Å². The number of aliphatic hydroxyl groups is 14. The van der Waals surface area contributed by atoms with Gasteiger partial charge in [-0.3, -0.25) is 0 Å². The Morgan fingerprint density at radius 1 is 0.475 bits per heavy atom. The van der Waals surface area contributed by atoms with Gasteiger partial charge in [0, 0.05) is 38.7 Å². The van der Waals surface area contributed by atoms with Crippen LogP contribution in [0.15, 0.2) is 24.3 Å². The highest BCUT2D eigenvalue weighted by Gasteiger charge is 2.57. The molecule has 4 aliphatic heterocycles. The molecule has 0 aromatic rings. The van der Waals surface area contributed by atoms with Crippen LogP contribution in [0.1, 0.15) is 77.0 Å². The molecule has 14 N–H and O–H groups in total. The Labute approximate surface area is 462 Å². The zero-order valence-electron chi connectivity index (χ0n) is 44.8. The minimum Gasteiger partial charge on any atom is -0.460 e. The lowest BCUT2D eigenvalue weighted by Gasteiger charge is -2.53. The van der Waals surface area contributed by atoms with E-state index >= 15 is 0 Å². The summed E-state index contributed by atoms with van der Waals surface area (Å²) in [5.74, 6) is -3.51. The van der Waals surface area contributed by atoms with Crippen LogP contribution in [-0.4, -0.2) is 277 Å². The van der Waals surface area contributed by atoms with Crippen molar-refractivity contribution in [1.82, 2.24) is 0 Å². The van der Waals surface area contributed by atoms with Gasteiger partial charge in [0.05, 0.1) is 74.3 Å². The van der Waals surface area contributed by atoms with Crippen LogP contribution in [0.5, 0.6) is 0 Å². The highest BCUT2D eigenvalue weighted by atomic mass is 16.8.